The Kier molecular flexibility index (Phi) is 3.20. The minimum atomic E-state index is 0.0812. The Hall–Kier alpha value is -0.570. The van der Waals surface area contributed by atoms with Crippen molar-refractivity contribution in [3.8, 4) is 0 Å². The number of likely N-dealkylation sites (tertiary alicyclic amines) is 1. The van der Waals surface area contributed by atoms with Crippen molar-refractivity contribution in [2.45, 2.75) is 40.2 Å². The van der Waals surface area contributed by atoms with Gasteiger partial charge >= 0.3 is 0 Å². The third-order valence-corrected chi connectivity index (χ3v) is 2.95. The normalized spacial score (nSPS) is 25.6. The van der Waals surface area contributed by atoms with Gasteiger partial charge in [0, 0.05) is 25.6 Å². The van der Waals surface area contributed by atoms with E-state index in [1.54, 1.807) is 0 Å². The van der Waals surface area contributed by atoms with E-state index in [-0.39, 0.29) is 17.4 Å². The summed E-state index contributed by atoms with van der Waals surface area (Å²) in [7, 11) is 0. The van der Waals surface area contributed by atoms with Gasteiger partial charge in [-0.3, -0.25) is 4.79 Å². The molecule has 1 unspecified atom stereocenters. The topological polar surface area (TPSA) is 46.3 Å². The van der Waals surface area contributed by atoms with E-state index in [1.165, 1.54) is 0 Å². The fourth-order valence-corrected chi connectivity index (χ4v) is 1.88. The highest BCUT2D eigenvalue weighted by atomic mass is 16.2. The van der Waals surface area contributed by atoms with Gasteiger partial charge in [0.2, 0.25) is 5.91 Å². The summed E-state index contributed by atoms with van der Waals surface area (Å²) in [5, 5.41) is 0. The highest BCUT2D eigenvalue weighted by Gasteiger charge is 2.36. The van der Waals surface area contributed by atoms with Crippen LogP contribution in [0, 0.1) is 11.3 Å². The molecule has 82 valence electrons. The number of carbonyl (C=O) groups excluding carboxylic acids is 1. The van der Waals surface area contributed by atoms with Gasteiger partial charge in [0.1, 0.15) is 0 Å². The second-order valence-corrected chi connectivity index (χ2v) is 5.54. The molecule has 1 fully saturated rings. The van der Waals surface area contributed by atoms with E-state index in [2.05, 4.69) is 20.8 Å². The number of rotatable bonds is 2. The fraction of sp³-hybridized carbons (Fsp3) is 0.909. The minimum Gasteiger partial charge on any atom is -0.341 e. The van der Waals surface area contributed by atoms with Crippen molar-refractivity contribution in [2.75, 3.05) is 13.1 Å². The monoisotopic (exact) mass is 198 g/mol. The standard InChI is InChI=1S/C11H22N2O/c1-8(12)6-13-7-9(5-10(13)14)11(2,3)4/h8-9H,5-7,12H2,1-4H3/t8-,9?/m0/s1. The average Bonchev–Trinajstić information content (AvgIpc) is 2.30. The SMILES string of the molecule is C[C@H](N)CN1CC(C(C)(C)C)CC1=O. The smallest absolute Gasteiger partial charge is 0.222 e. The first kappa shape index (κ1) is 11.5. The van der Waals surface area contributed by atoms with E-state index in [9.17, 15) is 4.79 Å². The van der Waals surface area contributed by atoms with Crippen LogP contribution in [0.1, 0.15) is 34.1 Å². The van der Waals surface area contributed by atoms with Crippen molar-refractivity contribution in [3.63, 3.8) is 0 Å². The molecular weight excluding hydrogens is 176 g/mol. The zero-order chi connectivity index (χ0) is 10.9. The molecule has 1 saturated heterocycles. The highest BCUT2D eigenvalue weighted by Crippen LogP contribution is 2.34. The molecule has 3 heteroatoms. The molecule has 1 aliphatic rings. The Labute approximate surface area is 86.6 Å². The van der Waals surface area contributed by atoms with Gasteiger partial charge in [-0.2, -0.15) is 0 Å². The summed E-state index contributed by atoms with van der Waals surface area (Å²) in [6.07, 6.45) is 0.691. The van der Waals surface area contributed by atoms with Crippen LogP contribution >= 0.6 is 0 Å². The summed E-state index contributed by atoms with van der Waals surface area (Å²) in [6, 6.07) is 0.0812. The molecule has 0 bridgehead atoms. The van der Waals surface area contributed by atoms with Crippen LogP contribution in [-0.2, 0) is 4.79 Å². The molecule has 0 saturated carbocycles. The average molecular weight is 198 g/mol. The summed E-state index contributed by atoms with van der Waals surface area (Å²) >= 11 is 0. The Morgan fingerprint density at radius 2 is 2.14 bits per heavy atom. The van der Waals surface area contributed by atoms with Crippen molar-refractivity contribution in [1.29, 1.82) is 0 Å². The highest BCUT2D eigenvalue weighted by molar-refractivity contribution is 5.78. The lowest BCUT2D eigenvalue weighted by molar-refractivity contribution is -0.127. The lowest BCUT2D eigenvalue weighted by Crippen LogP contribution is -2.37. The third kappa shape index (κ3) is 2.71. The first-order valence-corrected chi connectivity index (χ1v) is 5.34. The van der Waals surface area contributed by atoms with E-state index >= 15 is 0 Å². The fourth-order valence-electron chi connectivity index (χ4n) is 1.88. The van der Waals surface area contributed by atoms with E-state index < -0.39 is 0 Å². The van der Waals surface area contributed by atoms with Gasteiger partial charge in [0.25, 0.3) is 0 Å². The van der Waals surface area contributed by atoms with Crippen molar-refractivity contribution < 1.29 is 4.79 Å². The maximum absolute atomic E-state index is 11.6. The molecule has 2 N–H and O–H groups in total. The first-order valence-electron chi connectivity index (χ1n) is 5.34. The number of hydrogen-bond donors (Lipinski definition) is 1. The van der Waals surface area contributed by atoms with E-state index in [0.717, 1.165) is 6.54 Å². The summed E-state index contributed by atoms with van der Waals surface area (Å²) in [5.41, 5.74) is 5.92. The van der Waals surface area contributed by atoms with Crippen molar-refractivity contribution in [2.24, 2.45) is 17.1 Å². The Morgan fingerprint density at radius 3 is 2.50 bits per heavy atom. The number of nitrogens with two attached hydrogens (primary N) is 1. The maximum Gasteiger partial charge on any atom is 0.222 e. The predicted octanol–water partition coefficient (Wildman–Crippen LogP) is 1.23. The molecule has 1 aliphatic heterocycles. The Balaban J connectivity index is 2.56. The van der Waals surface area contributed by atoms with Crippen molar-refractivity contribution >= 4 is 5.91 Å². The molecule has 0 aromatic carbocycles. The van der Waals surface area contributed by atoms with Gasteiger partial charge in [0.05, 0.1) is 0 Å². The van der Waals surface area contributed by atoms with Crippen molar-refractivity contribution in [3.05, 3.63) is 0 Å². The van der Waals surface area contributed by atoms with Gasteiger partial charge in [-0.1, -0.05) is 20.8 Å². The van der Waals surface area contributed by atoms with Gasteiger partial charge in [-0.25, -0.2) is 0 Å². The summed E-state index contributed by atoms with van der Waals surface area (Å²) in [5.74, 6) is 0.746. The minimum absolute atomic E-state index is 0.0812. The van der Waals surface area contributed by atoms with Gasteiger partial charge in [-0.15, -0.1) is 0 Å². The van der Waals surface area contributed by atoms with Crippen LogP contribution in [0.3, 0.4) is 0 Å². The molecule has 0 spiro atoms. The second kappa shape index (κ2) is 3.89. The molecule has 1 heterocycles. The summed E-state index contributed by atoms with van der Waals surface area (Å²) in [4.78, 5) is 13.5. The molecule has 3 nitrogen and oxygen atoms in total. The molecule has 0 radical (unpaired) electrons. The number of nitrogens with zero attached hydrogens (tertiary/aromatic N) is 1. The van der Waals surface area contributed by atoms with Crippen LogP contribution in [0.15, 0.2) is 0 Å². The quantitative estimate of drug-likeness (QED) is 0.725. The zero-order valence-corrected chi connectivity index (χ0v) is 9.71. The number of amides is 1. The van der Waals surface area contributed by atoms with Gasteiger partial charge < -0.3 is 10.6 Å². The Morgan fingerprint density at radius 1 is 1.57 bits per heavy atom. The van der Waals surface area contributed by atoms with Crippen LogP contribution in [-0.4, -0.2) is 29.9 Å². The summed E-state index contributed by atoms with van der Waals surface area (Å²) < 4.78 is 0. The van der Waals surface area contributed by atoms with Crippen LogP contribution in [0.4, 0.5) is 0 Å². The molecular formula is C11H22N2O. The van der Waals surface area contributed by atoms with Crippen LogP contribution < -0.4 is 5.73 Å². The van der Waals surface area contributed by atoms with E-state index in [1.807, 2.05) is 11.8 Å². The number of carbonyl (C=O) groups is 1. The molecule has 0 aromatic heterocycles. The molecule has 1 rings (SSSR count). The molecule has 14 heavy (non-hydrogen) atoms. The molecule has 1 amide bonds. The zero-order valence-electron chi connectivity index (χ0n) is 9.71. The maximum atomic E-state index is 11.6. The molecule has 2 atom stereocenters. The number of hydrogen-bond acceptors (Lipinski definition) is 2. The van der Waals surface area contributed by atoms with Crippen molar-refractivity contribution in [1.82, 2.24) is 4.90 Å². The largest absolute Gasteiger partial charge is 0.341 e. The second-order valence-electron chi connectivity index (χ2n) is 5.54. The van der Waals surface area contributed by atoms with Gasteiger partial charge in [0.15, 0.2) is 0 Å². The third-order valence-electron chi connectivity index (χ3n) is 2.95. The van der Waals surface area contributed by atoms with E-state index in [4.69, 9.17) is 5.73 Å². The van der Waals surface area contributed by atoms with Crippen LogP contribution in [0.25, 0.3) is 0 Å². The first-order chi connectivity index (χ1) is 6.30. The van der Waals surface area contributed by atoms with Crippen LogP contribution in [0.2, 0.25) is 0 Å². The summed E-state index contributed by atoms with van der Waals surface area (Å²) in [6.45, 7) is 10.1. The predicted molar refractivity (Wildman–Crippen MR) is 57.8 cm³/mol. The van der Waals surface area contributed by atoms with Crippen LogP contribution in [0.5, 0.6) is 0 Å². The lowest BCUT2D eigenvalue weighted by Gasteiger charge is -2.26. The molecule has 0 aliphatic carbocycles. The van der Waals surface area contributed by atoms with Gasteiger partial charge in [-0.05, 0) is 18.3 Å². The molecule has 0 aromatic rings. The lowest BCUT2D eigenvalue weighted by atomic mass is 9.80. The Bertz CT molecular complexity index is 218. The van der Waals surface area contributed by atoms with E-state index in [0.29, 0.717) is 18.9 Å².